The molecule has 2 heterocycles. The molecule has 0 radical (unpaired) electrons. The van der Waals surface area contributed by atoms with E-state index in [0.29, 0.717) is 6.42 Å². The van der Waals surface area contributed by atoms with Gasteiger partial charge in [0.2, 0.25) is 5.91 Å². The lowest BCUT2D eigenvalue weighted by atomic mass is 9.97. The highest BCUT2D eigenvalue weighted by Gasteiger charge is 2.51. The molecule has 0 aromatic carbocycles. The van der Waals surface area contributed by atoms with Crippen molar-refractivity contribution in [2.24, 2.45) is 0 Å². The minimum Gasteiger partial charge on any atom is -0.394 e. The lowest BCUT2D eigenvalue weighted by Crippen LogP contribution is -2.65. The number of ether oxygens (including phenoxy) is 4. The van der Waals surface area contributed by atoms with Crippen LogP contribution in [-0.4, -0.2) is 140 Å². The first-order valence-corrected chi connectivity index (χ1v) is 26.9. The second kappa shape index (κ2) is 39.5. The van der Waals surface area contributed by atoms with Gasteiger partial charge in [-0.3, -0.25) is 4.79 Å². The first-order chi connectivity index (χ1) is 32.1. The average Bonchev–Trinajstić information content (AvgIpc) is 3.31. The summed E-state index contributed by atoms with van der Waals surface area (Å²) in [5, 5.41) is 86.6. The summed E-state index contributed by atoms with van der Waals surface area (Å²) in [6.07, 6.45) is 25.6. The summed E-state index contributed by atoms with van der Waals surface area (Å²) < 4.78 is 22.7. The number of amides is 1. The molecule has 0 bridgehead atoms. The van der Waals surface area contributed by atoms with E-state index >= 15 is 0 Å². The van der Waals surface area contributed by atoms with Crippen LogP contribution < -0.4 is 5.32 Å². The van der Waals surface area contributed by atoms with E-state index in [1.807, 2.05) is 6.08 Å². The second-order valence-corrected chi connectivity index (χ2v) is 19.4. The number of carbonyl (C=O) groups is 1. The second-order valence-electron chi connectivity index (χ2n) is 19.4. The Hall–Kier alpha value is -1.27. The molecular formula is C52H99NO13. The fourth-order valence-corrected chi connectivity index (χ4v) is 9.06. The molecule has 0 aromatic heterocycles. The largest absolute Gasteiger partial charge is 0.394 e. The van der Waals surface area contributed by atoms with E-state index in [1.54, 1.807) is 6.08 Å². The summed E-state index contributed by atoms with van der Waals surface area (Å²) in [6, 6.07) is -0.907. The Kier molecular flexibility index (Phi) is 36.4. The van der Waals surface area contributed by atoms with Crippen molar-refractivity contribution in [2.75, 3.05) is 19.8 Å². The van der Waals surface area contributed by atoms with Gasteiger partial charge in [0, 0.05) is 6.42 Å². The number of aliphatic hydroxyl groups is 8. The highest BCUT2D eigenvalue weighted by molar-refractivity contribution is 5.76. The summed E-state index contributed by atoms with van der Waals surface area (Å²) in [5.74, 6) is -0.238. The third-order valence-corrected chi connectivity index (χ3v) is 13.5. The van der Waals surface area contributed by atoms with Crippen molar-refractivity contribution in [3.8, 4) is 0 Å². The van der Waals surface area contributed by atoms with E-state index in [0.717, 1.165) is 38.5 Å². The maximum atomic E-state index is 13.2. The van der Waals surface area contributed by atoms with Crippen molar-refractivity contribution in [1.82, 2.24) is 5.32 Å². The van der Waals surface area contributed by atoms with E-state index in [2.05, 4.69) is 19.2 Å². The lowest BCUT2D eigenvalue weighted by molar-refractivity contribution is -0.359. The third kappa shape index (κ3) is 26.1. The van der Waals surface area contributed by atoms with Gasteiger partial charge in [-0.2, -0.15) is 0 Å². The van der Waals surface area contributed by atoms with Crippen LogP contribution in [0.15, 0.2) is 12.2 Å². The number of rotatable bonds is 42. The predicted molar refractivity (Wildman–Crippen MR) is 259 cm³/mol. The van der Waals surface area contributed by atoms with Gasteiger partial charge in [-0.15, -0.1) is 0 Å². The smallest absolute Gasteiger partial charge is 0.220 e. The number of aliphatic hydroxyl groups excluding tert-OH is 8. The van der Waals surface area contributed by atoms with E-state index < -0.39 is 86.8 Å². The molecule has 0 aromatic rings. The number of hydrogen-bond donors (Lipinski definition) is 9. The van der Waals surface area contributed by atoms with Crippen LogP contribution in [0.1, 0.15) is 219 Å². The first kappa shape index (κ1) is 60.9. The van der Waals surface area contributed by atoms with Gasteiger partial charge in [-0.25, -0.2) is 0 Å². The fourth-order valence-electron chi connectivity index (χ4n) is 9.06. The predicted octanol–water partition coefficient (Wildman–Crippen LogP) is 7.55. The van der Waals surface area contributed by atoms with E-state index in [1.165, 1.54) is 154 Å². The molecule has 14 heteroatoms. The fraction of sp³-hybridized carbons (Fsp3) is 0.942. The molecule has 1 amide bonds. The van der Waals surface area contributed by atoms with Crippen molar-refractivity contribution in [3.05, 3.63) is 12.2 Å². The molecule has 14 nitrogen and oxygen atoms in total. The summed E-state index contributed by atoms with van der Waals surface area (Å²) in [4.78, 5) is 13.2. The van der Waals surface area contributed by atoms with Gasteiger partial charge in [0.1, 0.15) is 48.8 Å². The molecule has 9 N–H and O–H groups in total. The van der Waals surface area contributed by atoms with Crippen LogP contribution in [0.4, 0.5) is 0 Å². The Balaban J connectivity index is 1.72. The van der Waals surface area contributed by atoms with Crippen LogP contribution >= 0.6 is 0 Å². The Morgan fingerprint density at radius 1 is 0.530 bits per heavy atom. The summed E-state index contributed by atoms with van der Waals surface area (Å²) in [7, 11) is 0. The molecule has 4 unspecified atom stereocenters. The summed E-state index contributed by atoms with van der Waals surface area (Å²) in [6.45, 7) is 2.77. The maximum absolute atomic E-state index is 13.2. The van der Waals surface area contributed by atoms with Crippen LogP contribution in [0, 0.1) is 0 Å². The minimum absolute atomic E-state index is 0.238. The van der Waals surface area contributed by atoms with Crippen LogP contribution in [0.5, 0.6) is 0 Å². The molecule has 0 saturated carbocycles. The molecule has 2 saturated heterocycles. The average molecular weight is 946 g/mol. The SMILES string of the molecule is CCCCCCCCC/C=C/[C@@H](O)[C@H](CO[C@@H]1O[C@H](CO)[C@@H](O[C@@H]2O[C@H](CO)[C@H](O)C(O)C2O)C(O)C1O)NC(=O)CCCCCCCCCCCCCCCCCCCCCCCCC. The van der Waals surface area contributed by atoms with Gasteiger partial charge in [0.25, 0.3) is 0 Å². The molecule has 0 spiro atoms. The molecule has 2 aliphatic heterocycles. The molecule has 0 aliphatic carbocycles. The topological polar surface area (TPSA) is 228 Å². The zero-order valence-corrected chi connectivity index (χ0v) is 41.5. The van der Waals surface area contributed by atoms with Crippen LogP contribution in [-0.2, 0) is 23.7 Å². The zero-order chi connectivity index (χ0) is 48.2. The van der Waals surface area contributed by atoms with Crippen LogP contribution in [0.2, 0.25) is 0 Å². The normalized spacial score (nSPS) is 26.8. The maximum Gasteiger partial charge on any atom is 0.220 e. The first-order valence-electron chi connectivity index (χ1n) is 26.9. The Morgan fingerprint density at radius 3 is 1.39 bits per heavy atom. The van der Waals surface area contributed by atoms with Gasteiger partial charge in [-0.1, -0.05) is 206 Å². The number of hydrogen-bond acceptors (Lipinski definition) is 13. The standard InChI is InChI=1S/C52H99NO13/c1-3-5-7-9-11-13-14-15-16-17-18-19-20-21-22-23-24-25-26-28-30-32-34-36-44(57)53-40(41(56)35-33-31-29-27-12-10-8-6-4-2)39-63-51-49(62)47(60)50(43(38-55)65-51)66-52-48(61)46(59)45(58)42(37-54)64-52/h33,35,40-43,45-52,54-56,58-62H,3-32,34,36-39H2,1-2H3,(H,53,57)/b35-33+/t40-,41+,42+,43+,45-,46?,47?,48?,49?,50+,51+,52-/m0/s1. The zero-order valence-electron chi connectivity index (χ0n) is 41.5. The molecule has 12 atom stereocenters. The number of allylic oxidation sites excluding steroid dienone is 1. The van der Waals surface area contributed by atoms with Crippen molar-refractivity contribution >= 4 is 5.91 Å². The van der Waals surface area contributed by atoms with E-state index in [9.17, 15) is 45.6 Å². The highest BCUT2D eigenvalue weighted by Crippen LogP contribution is 2.30. The van der Waals surface area contributed by atoms with Gasteiger partial charge in [0.15, 0.2) is 12.6 Å². The summed E-state index contributed by atoms with van der Waals surface area (Å²) in [5.41, 5.74) is 0. The minimum atomic E-state index is -1.78. The molecular weight excluding hydrogens is 847 g/mol. The third-order valence-electron chi connectivity index (χ3n) is 13.5. The number of carbonyl (C=O) groups excluding carboxylic acids is 1. The molecule has 2 rings (SSSR count). The van der Waals surface area contributed by atoms with Crippen molar-refractivity contribution < 1.29 is 64.6 Å². The van der Waals surface area contributed by atoms with Crippen LogP contribution in [0.3, 0.4) is 0 Å². The highest BCUT2D eigenvalue weighted by atomic mass is 16.7. The van der Waals surface area contributed by atoms with Gasteiger partial charge in [0.05, 0.1) is 32.0 Å². The number of nitrogens with one attached hydrogen (secondary N) is 1. The Morgan fingerprint density at radius 2 is 0.939 bits per heavy atom. The molecule has 2 fully saturated rings. The summed E-state index contributed by atoms with van der Waals surface area (Å²) >= 11 is 0. The number of unbranched alkanes of at least 4 members (excludes halogenated alkanes) is 29. The van der Waals surface area contributed by atoms with Gasteiger partial charge < -0.3 is 65.1 Å². The quantitative estimate of drug-likeness (QED) is 0.0213. The van der Waals surface area contributed by atoms with Crippen LogP contribution in [0.25, 0.3) is 0 Å². The monoisotopic (exact) mass is 946 g/mol. The van der Waals surface area contributed by atoms with Gasteiger partial charge >= 0.3 is 0 Å². The Bertz CT molecular complexity index is 1160. The van der Waals surface area contributed by atoms with Crippen molar-refractivity contribution in [1.29, 1.82) is 0 Å². The van der Waals surface area contributed by atoms with E-state index in [4.69, 9.17) is 18.9 Å². The molecule has 66 heavy (non-hydrogen) atoms. The molecule has 390 valence electrons. The Labute approximate surface area is 399 Å². The van der Waals surface area contributed by atoms with Crippen molar-refractivity contribution in [2.45, 2.75) is 293 Å². The van der Waals surface area contributed by atoms with E-state index in [-0.39, 0.29) is 18.9 Å². The lowest BCUT2D eigenvalue weighted by Gasteiger charge is -2.46. The van der Waals surface area contributed by atoms with Gasteiger partial charge in [-0.05, 0) is 19.3 Å². The van der Waals surface area contributed by atoms with Crippen molar-refractivity contribution in [3.63, 3.8) is 0 Å². The molecule has 2 aliphatic rings.